The monoisotopic (exact) mass is 363 g/mol. The highest BCUT2D eigenvalue weighted by Crippen LogP contribution is 2.20. The van der Waals surface area contributed by atoms with E-state index in [0.29, 0.717) is 17.8 Å². The third-order valence-corrected chi connectivity index (χ3v) is 4.24. The summed E-state index contributed by atoms with van der Waals surface area (Å²) in [6.07, 6.45) is 1.45. The number of rotatable bonds is 3. The molecule has 7 heteroatoms. The van der Waals surface area contributed by atoms with Crippen LogP contribution in [0.5, 0.6) is 0 Å². The molecular weight excluding hydrogens is 342 g/mol. The minimum absolute atomic E-state index is 0. The molecule has 1 aromatic carbocycles. The van der Waals surface area contributed by atoms with Crippen molar-refractivity contribution in [2.24, 2.45) is 0 Å². The van der Waals surface area contributed by atoms with Gasteiger partial charge in [0.15, 0.2) is 5.76 Å². The Morgan fingerprint density at radius 1 is 1.32 bits per heavy atom. The summed E-state index contributed by atoms with van der Waals surface area (Å²) in [5.74, 6) is -0.109. The maximum absolute atomic E-state index is 12.8. The van der Waals surface area contributed by atoms with E-state index in [0.717, 1.165) is 18.7 Å². The lowest BCUT2D eigenvalue weighted by molar-refractivity contribution is 0.0655. The molecule has 1 saturated heterocycles. The number of halogens is 1. The number of nitrogens with zero attached hydrogens (tertiary/aromatic N) is 1. The van der Waals surface area contributed by atoms with E-state index in [2.05, 4.69) is 10.6 Å². The summed E-state index contributed by atoms with van der Waals surface area (Å²) < 4.78 is 5.10. The first-order valence-corrected chi connectivity index (χ1v) is 8.03. The fraction of sp³-hybridized carbons (Fsp3) is 0.333. The van der Waals surface area contributed by atoms with E-state index < -0.39 is 0 Å². The highest BCUT2D eigenvalue weighted by Gasteiger charge is 2.24. The summed E-state index contributed by atoms with van der Waals surface area (Å²) in [4.78, 5) is 26.8. The Balaban J connectivity index is 0.00000225. The number of furan rings is 1. The Bertz CT molecular complexity index is 746. The van der Waals surface area contributed by atoms with E-state index in [9.17, 15) is 9.59 Å². The molecule has 0 radical (unpaired) electrons. The highest BCUT2D eigenvalue weighted by molar-refractivity contribution is 6.04. The van der Waals surface area contributed by atoms with Crippen molar-refractivity contribution < 1.29 is 14.0 Å². The molecule has 6 nitrogen and oxygen atoms in total. The number of hydrogen-bond acceptors (Lipinski definition) is 4. The summed E-state index contributed by atoms with van der Waals surface area (Å²) in [5.41, 5.74) is 2.08. The molecular formula is C18H22ClN3O3. The zero-order valence-electron chi connectivity index (χ0n) is 14.2. The van der Waals surface area contributed by atoms with Crippen LogP contribution in [0.25, 0.3) is 0 Å². The van der Waals surface area contributed by atoms with Gasteiger partial charge in [-0.25, -0.2) is 0 Å². The lowest BCUT2D eigenvalue weighted by Crippen LogP contribution is -2.52. The zero-order chi connectivity index (χ0) is 17.1. The maximum atomic E-state index is 12.8. The van der Waals surface area contributed by atoms with Gasteiger partial charge in [-0.05, 0) is 43.7 Å². The lowest BCUT2D eigenvalue weighted by Gasteiger charge is -2.34. The largest absolute Gasteiger partial charge is 0.459 e. The zero-order valence-corrected chi connectivity index (χ0v) is 15.1. The van der Waals surface area contributed by atoms with E-state index in [1.54, 1.807) is 24.3 Å². The van der Waals surface area contributed by atoms with E-state index in [-0.39, 0.29) is 36.0 Å². The standard InChI is InChI=1S/C18H21N3O3.ClH/c1-12-5-6-14(18(23)21-8-7-19-11-13(21)2)10-15(12)20-17(22)16-4-3-9-24-16;/h3-6,9-10,13,19H,7-8,11H2,1-2H3,(H,20,22);1H/t13-;/m0./s1. The first kappa shape index (κ1) is 19.0. The lowest BCUT2D eigenvalue weighted by atomic mass is 10.1. The molecule has 0 unspecified atom stereocenters. The summed E-state index contributed by atoms with van der Waals surface area (Å²) in [7, 11) is 0. The van der Waals surface area contributed by atoms with Crippen LogP contribution in [0.3, 0.4) is 0 Å². The number of piperazine rings is 1. The topological polar surface area (TPSA) is 74.6 Å². The smallest absolute Gasteiger partial charge is 0.291 e. The van der Waals surface area contributed by atoms with Crippen molar-refractivity contribution in [2.45, 2.75) is 19.9 Å². The molecule has 134 valence electrons. The van der Waals surface area contributed by atoms with Crippen molar-refractivity contribution in [1.82, 2.24) is 10.2 Å². The van der Waals surface area contributed by atoms with Gasteiger partial charge in [0.05, 0.1) is 6.26 Å². The Hall–Kier alpha value is -2.31. The minimum Gasteiger partial charge on any atom is -0.459 e. The van der Waals surface area contributed by atoms with Gasteiger partial charge in [-0.2, -0.15) is 0 Å². The molecule has 1 aliphatic heterocycles. The molecule has 25 heavy (non-hydrogen) atoms. The summed E-state index contributed by atoms with van der Waals surface area (Å²) >= 11 is 0. The minimum atomic E-state index is -0.330. The van der Waals surface area contributed by atoms with Crippen LogP contribution in [-0.4, -0.2) is 42.4 Å². The molecule has 1 aromatic heterocycles. The Morgan fingerprint density at radius 3 is 2.80 bits per heavy atom. The Labute approximate surface area is 153 Å². The van der Waals surface area contributed by atoms with Crippen molar-refractivity contribution in [3.8, 4) is 0 Å². The second-order valence-corrected chi connectivity index (χ2v) is 6.01. The predicted molar refractivity (Wildman–Crippen MR) is 98.5 cm³/mol. The quantitative estimate of drug-likeness (QED) is 0.879. The van der Waals surface area contributed by atoms with Gasteiger partial charge in [0.1, 0.15) is 0 Å². The van der Waals surface area contributed by atoms with Gasteiger partial charge in [-0.15, -0.1) is 12.4 Å². The van der Waals surface area contributed by atoms with Crippen LogP contribution in [0.1, 0.15) is 33.4 Å². The predicted octanol–water partition coefficient (Wildman–Crippen LogP) is 2.70. The molecule has 0 bridgehead atoms. The summed E-state index contributed by atoms with van der Waals surface area (Å²) in [6, 6.07) is 8.78. The van der Waals surface area contributed by atoms with E-state index in [1.165, 1.54) is 6.26 Å². The molecule has 0 aliphatic carbocycles. The van der Waals surface area contributed by atoms with Crippen LogP contribution in [0, 0.1) is 6.92 Å². The molecule has 2 aromatic rings. The van der Waals surface area contributed by atoms with Gasteiger partial charge in [0, 0.05) is 36.9 Å². The molecule has 2 heterocycles. The van der Waals surface area contributed by atoms with E-state index >= 15 is 0 Å². The Kier molecular flexibility index (Phi) is 6.22. The Morgan fingerprint density at radius 2 is 2.12 bits per heavy atom. The molecule has 0 spiro atoms. The molecule has 1 fully saturated rings. The van der Waals surface area contributed by atoms with Crippen LogP contribution in [0.15, 0.2) is 41.0 Å². The maximum Gasteiger partial charge on any atom is 0.291 e. The van der Waals surface area contributed by atoms with Crippen molar-refractivity contribution in [3.63, 3.8) is 0 Å². The van der Waals surface area contributed by atoms with Gasteiger partial charge in [-0.1, -0.05) is 6.07 Å². The van der Waals surface area contributed by atoms with Crippen LogP contribution in [0.2, 0.25) is 0 Å². The van der Waals surface area contributed by atoms with Crippen LogP contribution in [0.4, 0.5) is 5.69 Å². The third kappa shape index (κ3) is 4.21. The van der Waals surface area contributed by atoms with Crippen molar-refractivity contribution in [3.05, 3.63) is 53.5 Å². The number of benzene rings is 1. The van der Waals surface area contributed by atoms with Gasteiger partial charge >= 0.3 is 0 Å². The van der Waals surface area contributed by atoms with Crippen molar-refractivity contribution >= 4 is 29.9 Å². The fourth-order valence-corrected chi connectivity index (χ4v) is 2.79. The summed E-state index contributed by atoms with van der Waals surface area (Å²) in [6.45, 7) is 6.18. The van der Waals surface area contributed by atoms with Crippen molar-refractivity contribution in [1.29, 1.82) is 0 Å². The van der Waals surface area contributed by atoms with Gasteiger partial charge < -0.3 is 20.0 Å². The van der Waals surface area contributed by atoms with E-state index in [1.807, 2.05) is 24.8 Å². The normalized spacial score (nSPS) is 16.9. The third-order valence-electron chi connectivity index (χ3n) is 4.24. The van der Waals surface area contributed by atoms with Gasteiger partial charge in [0.2, 0.25) is 0 Å². The molecule has 2 amide bonds. The van der Waals surface area contributed by atoms with Crippen LogP contribution in [-0.2, 0) is 0 Å². The number of hydrogen-bond donors (Lipinski definition) is 2. The second-order valence-electron chi connectivity index (χ2n) is 6.01. The number of amides is 2. The fourth-order valence-electron chi connectivity index (χ4n) is 2.79. The number of aryl methyl sites for hydroxylation is 1. The van der Waals surface area contributed by atoms with Gasteiger partial charge in [-0.3, -0.25) is 9.59 Å². The second kappa shape index (κ2) is 8.18. The van der Waals surface area contributed by atoms with Crippen LogP contribution >= 0.6 is 12.4 Å². The average molecular weight is 364 g/mol. The molecule has 3 rings (SSSR count). The SMILES string of the molecule is Cc1ccc(C(=O)N2CCNC[C@@H]2C)cc1NC(=O)c1ccco1.Cl. The molecule has 0 saturated carbocycles. The molecule has 1 aliphatic rings. The highest BCUT2D eigenvalue weighted by atomic mass is 35.5. The first-order valence-electron chi connectivity index (χ1n) is 8.03. The number of nitrogens with one attached hydrogen (secondary N) is 2. The molecule has 1 atom stereocenters. The van der Waals surface area contributed by atoms with Gasteiger partial charge in [0.25, 0.3) is 11.8 Å². The number of anilines is 1. The summed E-state index contributed by atoms with van der Waals surface area (Å²) in [5, 5.41) is 6.08. The van der Waals surface area contributed by atoms with Crippen LogP contribution < -0.4 is 10.6 Å². The first-order chi connectivity index (χ1) is 11.6. The van der Waals surface area contributed by atoms with Crippen molar-refractivity contribution in [2.75, 3.05) is 25.0 Å². The molecule has 2 N–H and O–H groups in total. The van der Waals surface area contributed by atoms with E-state index in [4.69, 9.17) is 4.42 Å². The number of carbonyl (C=O) groups is 2. The average Bonchev–Trinajstić information content (AvgIpc) is 3.11. The number of carbonyl (C=O) groups excluding carboxylic acids is 2.